The average Bonchev–Trinajstić information content (AvgIpc) is 2.95. The molecule has 2 aliphatic rings. The van der Waals surface area contributed by atoms with Gasteiger partial charge in [-0.05, 0) is 37.0 Å². The van der Waals surface area contributed by atoms with E-state index in [9.17, 15) is 14.4 Å². The summed E-state index contributed by atoms with van der Waals surface area (Å²) in [5, 5.41) is 2.90. The van der Waals surface area contributed by atoms with Crippen molar-refractivity contribution in [1.29, 1.82) is 0 Å². The van der Waals surface area contributed by atoms with Gasteiger partial charge in [-0.2, -0.15) is 0 Å². The minimum absolute atomic E-state index is 0.0309. The van der Waals surface area contributed by atoms with Crippen molar-refractivity contribution < 1.29 is 14.4 Å². The van der Waals surface area contributed by atoms with Crippen molar-refractivity contribution in [2.75, 3.05) is 0 Å². The molecule has 1 atom stereocenters. The van der Waals surface area contributed by atoms with E-state index in [1.807, 2.05) is 0 Å². The lowest BCUT2D eigenvalue weighted by Crippen LogP contribution is -2.55. The van der Waals surface area contributed by atoms with Crippen molar-refractivity contribution in [3.63, 3.8) is 0 Å². The predicted octanol–water partition coefficient (Wildman–Crippen LogP) is 1.35. The Morgan fingerprint density at radius 1 is 1.18 bits per heavy atom. The Bertz CT molecular complexity index is 615. The molecule has 5 heteroatoms. The van der Waals surface area contributed by atoms with Gasteiger partial charge in [0.25, 0.3) is 0 Å². The summed E-state index contributed by atoms with van der Waals surface area (Å²) >= 11 is 0. The lowest BCUT2D eigenvalue weighted by Gasteiger charge is -2.35. The maximum Gasteiger partial charge on any atom is 0.248 e. The number of rotatable bonds is 3. The number of carbonyl (C=O) groups is 3. The number of benzene rings is 1. The Labute approximate surface area is 129 Å². The normalized spacial score (nSPS) is 23.5. The zero-order valence-electron chi connectivity index (χ0n) is 12.4. The fourth-order valence-electron chi connectivity index (χ4n) is 3.59. The molecule has 3 N–H and O–H groups in total. The second-order valence-electron chi connectivity index (χ2n) is 6.42. The molecule has 1 saturated heterocycles. The number of amides is 2. The third-order valence-corrected chi connectivity index (χ3v) is 4.93. The minimum atomic E-state index is -0.475. The summed E-state index contributed by atoms with van der Waals surface area (Å²) in [4.78, 5) is 35.8. The van der Waals surface area contributed by atoms with Crippen LogP contribution in [0.25, 0.3) is 0 Å². The van der Waals surface area contributed by atoms with Crippen molar-refractivity contribution in [1.82, 2.24) is 5.32 Å². The summed E-state index contributed by atoms with van der Waals surface area (Å²) < 4.78 is 0. The monoisotopic (exact) mass is 300 g/mol. The molecule has 0 radical (unpaired) electrons. The van der Waals surface area contributed by atoms with Gasteiger partial charge in [-0.3, -0.25) is 14.4 Å². The van der Waals surface area contributed by atoms with Gasteiger partial charge in [0.2, 0.25) is 11.8 Å². The largest absolute Gasteiger partial charge is 0.366 e. The molecule has 2 fully saturated rings. The molecule has 0 unspecified atom stereocenters. The van der Waals surface area contributed by atoms with Crippen LogP contribution in [0.1, 0.15) is 48.0 Å². The molecule has 1 aliphatic heterocycles. The number of hydrogen-bond donors (Lipinski definition) is 2. The quantitative estimate of drug-likeness (QED) is 0.883. The molecular formula is C17H20N2O3. The number of nitrogens with two attached hydrogens (primary N) is 1. The van der Waals surface area contributed by atoms with Crippen LogP contribution in [-0.2, 0) is 16.0 Å². The number of piperidine rings is 1. The van der Waals surface area contributed by atoms with Gasteiger partial charge in [0.15, 0.2) is 5.78 Å². The summed E-state index contributed by atoms with van der Waals surface area (Å²) in [6.45, 7) is 0. The third-order valence-electron chi connectivity index (χ3n) is 4.93. The van der Waals surface area contributed by atoms with Gasteiger partial charge >= 0.3 is 0 Å². The van der Waals surface area contributed by atoms with Crippen LogP contribution in [-0.4, -0.2) is 23.6 Å². The Morgan fingerprint density at radius 3 is 2.41 bits per heavy atom. The van der Waals surface area contributed by atoms with Gasteiger partial charge in [-0.25, -0.2) is 0 Å². The molecule has 1 aliphatic carbocycles. The maximum atomic E-state index is 12.4. The Balaban J connectivity index is 1.69. The molecular weight excluding hydrogens is 280 g/mol. The Kier molecular flexibility index (Phi) is 3.72. The predicted molar refractivity (Wildman–Crippen MR) is 81.1 cm³/mol. The zero-order valence-corrected chi connectivity index (χ0v) is 12.4. The highest BCUT2D eigenvalue weighted by atomic mass is 16.2. The van der Waals surface area contributed by atoms with E-state index in [1.54, 1.807) is 24.3 Å². The summed E-state index contributed by atoms with van der Waals surface area (Å²) in [5.74, 6) is -0.333. The lowest BCUT2D eigenvalue weighted by molar-refractivity contribution is -0.143. The summed E-state index contributed by atoms with van der Waals surface area (Å²) in [5.41, 5.74) is 6.11. The molecule has 22 heavy (non-hydrogen) atoms. The van der Waals surface area contributed by atoms with E-state index < -0.39 is 17.4 Å². The van der Waals surface area contributed by atoms with E-state index in [2.05, 4.69) is 5.32 Å². The van der Waals surface area contributed by atoms with Gasteiger partial charge in [0.1, 0.15) is 0 Å². The second-order valence-corrected chi connectivity index (χ2v) is 6.42. The van der Waals surface area contributed by atoms with Gasteiger partial charge in [-0.1, -0.05) is 25.0 Å². The summed E-state index contributed by atoms with van der Waals surface area (Å²) in [6.07, 6.45) is 4.53. The summed E-state index contributed by atoms with van der Waals surface area (Å²) in [6, 6.07) is 6.38. The van der Waals surface area contributed by atoms with Crippen molar-refractivity contribution in [3.05, 3.63) is 35.4 Å². The van der Waals surface area contributed by atoms with Crippen molar-refractivity contribution >= 4 is 17.6 Å². The molecule has 2 amide bonds. The van der Waals surface area contributed by atoms with Crippen LogP contribution in [0.2, 0.25) is 0 Å². The molecule has 1 spiro atoms. The number of hydrogen-bond acceptors (Lipinski definition) is 3. The van der Waals surface area contributed by atoms with Crippen molar-refractivity contribution in [2.45, 2.75) is 44.6 Å². The molecule has 3 rings (SSSR count). The molecule has 1 aromatic carbocycles. The first-order valence-electron chi connectivity index (χ1n) is 7.73. The van der Waals surface area contributed by atoms with Crippen molar-refractivity contribution in [2.24, 2.45) is 11.1 Å². The minimum Gasteiger partial charge on any atom is -0.366 e. The van der Waals surface area contributed by atoms with E-state index in [0.717, 1.165) is 31.2 Å². The lowest BCUT2D eigenvalue weighted by atomic mass is 9.75. The van der Waals surface area contributed by atoms with E-state index in [1.165, 1.54) is 0 Å². The van der Waals surface area contributed by atoms with E-state index in [0.29, 0.717) is 18.4 Å². The number of Topliss-reactive ketones (excluding diaryl/α,β-unsaturated/α-hetero) is 1. The highest BCUT2D eigenvalue weighted by Gasteiger charge is 2.48. The smallest absolute Gasteiger partial charge is 0.248 e. The maximum absolute atomic E-state index is 12.4. The molecule has 0 aromatic heterocycles. The van der Waals surface area contributed by atoms with Crippen LogP contribution < -0.4 is 11.1 Å². The second kappa shape index (κ2) is 5.55. The van der Waals surface area contributed by atoms with Crippen LogP contribution in [0.5, 0.6) is 0 Å². The van der Waals surface area contributed by atoms with Gasteiger partial charge < -0.3 is 11.1 Å². The van der Waals surface area contributed by atoms with Crippen LogP contribution >= 0.6 is 0 Å². The zero-order chi connectivity index (χ0) is 15.7. The van der Waals surface area contributed by atoms with Crippen LogP contribution in [0, 0.1) is 5.41 Å². The fourth-order valence-corrected chi connectivity index (χ4v) is 3.59. The first-order valence-corrected chi connectivity index (χ1v) is 7.73. The molecule has 0 bridgehead atoms. The van der Waals surface area contributed by atoms with Crippen LogP contribution in [0.4, 0.5) is 0 Å². The number of primary amides is 1. The topological polar surface area (TPSA) is 89.3 Å². The Hall–Kier alpha value is -2.17. The first kappa shape index (κ1) is 14.8. The first-order chi connectivity index (χ1) is 10.5. The molecule has 1 heterocycles. The SMILES string of the molecule is NC(=O)c1ccc(C[C@@H]2NC(=O)C3(CCCC3)CC2=O)cc1. The number of nitrogens with one attached hydrogen (secondary N) is 1. The highest BCUT2D eigenvalue weighted by Crippen LogP contribution is 2.43. The van der Waals surface area contributed by atoms with Gasteiger partial charge in [0, 0.05) is 12.0 Å². The Morgan fingerprint density at radius 2 is 1.82 bits per heavy atom. The standard InChI is InChI=1S/C17H20N2O3/c18-15(21)12-5-3-11(4-6-12)9-13-14(20)10-17(16(22)19-13)7-1-2-8-17/h3-6,13H,1-2,7-10H2,(H2,18,21)(H,19,22)/t13-/m0/s1. The molecule has 5 nitrogen and oxygen atoms in total. The number of carbonyl (C=O) groups excluding carboxylic acids is 3. The average molecular weight is 300 g/mol. The van der Waals surface area contributed by atoms with E-state index >= 15 is 0 Å². The van der Waals surface area contributed by atoms with Crippen molar-refractivity contribution in [3.8, 4) is 0 Å². The third kappa shape index (κ3) is 2.63. The molecule has 1 aromatic rings. The van der Waals surface area contributed by atoms with Gasteiger partial charge in [0.05, 0.1) is 11.5 Å². The fraction of sp³-hybridized carbons (Fsp3) is 0.471. The van der Waals surface area contributed by atoms with E-state index in [4.69, 9.17) is 5.73 Å². The highest BCUT2D eigenvalue weighted by molar-refractivity contribution is 5.99. The van der Waals surface area contributed by atoms with Crippen LogP contribution in [0.15, 0.2) is 24.3 Å². The number of ketones is 1. The molecule has 1 saturated carbocycles. The van der Waals surface area contributed by atoms with Gasteiger partial charge in [-0.15, -0.1) is 0 Å². The van der Waals surface area contributed by atoms with Crippen LogP contribution in [0.3, 0.4) is 0 Å². The summed E-state index contributed by atoms with van der Waals surface area (Å²) in [7, 11) is 0. The van der Waals surface area contributed by atoms with E-state index in [-0.39, 0.29) is 11.7 Å². The molecule has 116 valence electrons.